The Balaban J connectivity index is 2.76. The maximum atomic E-state index is 12.1. The topological polar surface area (TPSA) is 29.1 Å². The Hall–Kier alpha value is -1.43. The van der Waals surface area contributed by atoms with Crippen LogP contribution in [0.1, 0.15) is 6.92 Å². The standard InChI is InChI=1S/C12H12F3NOS/c1-2-5-11(17)16-9-6-3-4-7-10(9)18-8-12(13,14)15/h2-7H,8H2,1H3,(H,16,17). The Morgan fingerprint density at radius 1 is 1.39 bits per heavy atom. The van der Waals surface area contributed by atoms with Gasteiger partial charge in [-0.1, -0.05) is 18.2 Å². The number of allylic oxidation sites excluding steroid dienone is 1. The number of amides is 1. The van der Waals surface area contributed by atoms with Crippen LogP contribution >= 0.6 is 11.8 Å². The van der Waals surface area contributed by atoms with Crippen molar-refractivity contribution >= 4 is 23.4 Å². The molecule has 1 aromatic rings. The number of hydrogen-bond acceptors (Lipinski definition) is 2. The van der Waals surface area contributed by atoms with Gasteiger partial charge in [-0.05, 0) is 25.1 Å². The third-order valence-corrected chi connectivity index (χ3v) is 2.99. The Labute approximate surface area is 107 Å². The quantitative estimate of drug-likeness (QED) is 0.668. The summed E-state index contributed by atoms with van der Waals surface area (Å²) in [5, 5.41) is 2.53. The van der Waals surface area contributed by atoms with E-state index >= 15 is 0 Å². The highest BCUT2D eigenvalue weighted by atomic mass is 32.2. The molecule has 1 rings (SSSR count). The first-order chi connectivity index (χ1) is 8.42. The Bertz CT molecular complexity index is 443. The lowest BCUT2D eigenvalue weighted by Gasteiger charge is -2.10. The molecule has 0 saturated carbocycles. The molecule has 2 nitrogen and oxygen atoms in total. The predicted octanol–water partition coefficient (Wildman–Crippen LogP) is 3.86. The summed E-state index contributed by atoms with van der Waals surface area (Å²) in [4.78, 5) is 11.7. The minimum Gasteiger partial charge on any atom is -0.321 e. The first-order valence-electron chi connectivity index (χ1n) is 5.14. The molecule has 0 fully saturated rings. The van der Waals surface area contributed by atoms with Gasteiger partial charge in [0.2, 0.25) is 5.91 Å². The first kappa shape index (κ1) is 14.6. The fraction of sp³-hybridized carbons (Fsp3) is 0.250. The Kier molecular flexibility index (Phi) is 5.27. The van der Waals surface area contributed by atoms with Crippen LogP contribution in [0.15, 0.2) is 41.3 Å². The molecule has 6 heteroatoms. The number of thioether (sulfide) groups is 1. The lowest BCUT2D eigenvalue weighted by molar-refractivity contribution is -0.112. The molecule has 0 aliphatic carbocycles. The summed E-state index contributed by atoms with van der Waals surface area (Å²) < 4.78 is 36.4. The zero-order valence-corrected chi connectivity index (χ0v) is 10.4. The number of carbonyl (C=O) groups is 1. The molecule has 18 heavy (non-hydrogen) atoms. The number of anilines is 1. The molecular weight excluding hydrogens is 263 g/mol. The van der Waals surface area contributed by atoms with Gasteiger partial charge in [-0.25, -0.2) is 0 Å². The third kappa shape index (κ3) is 5.27. The molecule has 1 aromatic carbocycles. The predicted molar refractivity (Wildman–Crippen MR) is 66.7 cm³/mol. The van der Waals surface area contributed by atoms with Crippen molar-refractivity contribution in [2.24, 2.45) is 0 Å². The maximum Gasteiger partial charge on any atom is 0.398 e. The van der Waals surface area contributed by atoms with Crippen molar-refractivity contribution in [3.63, 3.8) is 0 Å². The lowest BCUT2D eigenvalue weighted by atomic mass is 10.3. The number of alkyl halides is 3. The molecule has 0 bridgehead atoms. The lowest BCUT2D eigenvalue weighted by Crippen LogP contribution is -2.12. The minimum atomic E-state index is -4.23. The van der Waals surface area contributed by atoms with Crippen LogP contribution in [0.25, 0.3) is 0 Å². The molecule has 0 aromatic heterocycles. The van der Waals surface area contributed by atoms with Crippen LogP contribution < -0.4 is 5.32 Å². The Morgan fingerprint density at radius 2 is 2.06 bits per heavy atom. The summed E-state index contributed by atoms with van der Waals surface area (Å²) in [6.45, 7) is 1.68. The second-order valence-corrected chi connectivity index (χ2v) is 4.41. The molecule has 0 atom stereocenters. The van der Waals surface area contributed by atoms with Gasteiger partial charge in [0.15, 0.2) is 0 Å². The van der Waals surface area contributed by atoms with E-state index in [2.05, 4.69) is 5.32 Å². The number of benzene rings is 1. The van der Waals surface area contributed by atoms with Gasteiger partial charge >= 0.3 is 6.18 Å². The zero-order valence-electron chi connectivity index (χ0n) is 9.62. The number of halogens is 3. The van der Waals surface area contributed by atoms with E-state index in [1.807, 2.05) is 0 Å². The fourth-order valence-corrected chi connectivity index (χ4v) is 1.95. The first-order valence-corrected chi connectivity index (χ1v) is 6.13. The second kappa shape index (κ2) is 6.49. The second-order valence-electron chi connectivity index (χ2n) is 3.39. The summed E-state index contributed by atoms with van der Waals surface area (Å²) in [6.07, 6.45) is -1.36. The third-order valence-electron chi connectivity index (χ3n) is 1.85. The molecule has 0 spiro atoms. The molecule has 0 saturated heterocycles. The molecule has 1 N–H and O–H groups in total. The summed E-state index contributed by atoms with van der Waals surface area (Å²) in [5.41, 5.74) is 0.384. The van der Waals surface area contributed by atoms with Gasteiger partial charge in [-0.3, -0.25) is 4.79 Å². The average molecular weight is 275 g/mol. The number of para-hydroxylation sites is 1. The van der Waals surface area contributed by atoms with Gasteiger partial charge in [0, 0.05) is 4.90 Å². The van der Waals surface area contributed by atoms with Crippen LogP contribution in [-0.2, 0) is 4.79 Å². The molecule has 98 valence electrons. The molecular formula is C12H12F3NOS. The number of nitrogens with one attached hydrogen (secondary N) is 1. The summed E-state index contributed by atoms with van der Waals surface area (Å²) in [6, 6.07) is 6.40. The normalized spacial score (nSPS) is 11.8. The monoisotopic (exact) mass is 275 g/mol. The van der Waals surface area contributed by atoms with Crippen molar-refractivity contribution in [1.82, 2.24) is 0 Å². The van der Waals surface area contributed by atoms with E-state index in [4.69, 9.17) is 0 Å². The van der Waals surface area contributed by atoms with Crippen LogP contribution in [-0.4, -0.2) is 17.8 Å². The zero-order chi connectivity index (χ0) is 13.6. The van der Waals surface area contributed by atoms with E-state index in [0.717, 1.165) is 0 Å². The van der Waals surface area contributed by atoms with Crippen molar-refractivity contribution in [2.45, 2.75) is 18.0 Å². The van der Waals surface area contributed by atoms with E-state index in [0.29, 0.717) is 22.3 Å². The summed E-state index contributed by atoms with van der Waals surface area (Å²) >= 11 is 0.650. The maximum absolute atomic E-state index is 12.1. The highest BCUT2D eigenvalue weighted by Gasteiger charge is 2.27. The van der Waals surface area contributed by atoms with Crippen molar-refractivity contribution < 1.29 is 18.0 Å². The SMILES string of the molecule is CC=CC(=O)Nc1ccccc1SCC(F)(F)F. The minimum absolute atomic E-state index is 0.363. The molecule has 0 aliphatic rings. The smallest absolute Gasteiger partial charge is 0.321 e. The van der Waals surface area contributed by atoms with Gasteiger partial charge < -0.3 is 5.32 Å². The molecule has 0 unspecified atom stereocenters. The van der Waals surface area contributed by atoms with Crippen LogP contribution in [0, 0.1) is 0 Å². The number of carbonyl (C=O) groups excluding carboxylic acids is 1. The van der Waals surface area contributed by atoms with Crippen molar-refractivity contribution in [3.8, 4) is 0 Å². The van der Waals surface area contributed by atoms with E-state index in [1.54, 1.807) is 37.3 Å². The summed E-state index contributed by atoms with van der Waals surface area (Å²) in [5.74, 6) is -1.35. The van der Waals surface area contributed by atoms with Crippen LogP contribution in [0.5, 0.6) is 0 Å². The van der Waals surface area contributed by atoms with Gasteiger partial charge in [0.1, 0.15) is 0 Å². The van der Waals surface area contributed by atoms with E-state index in [1.165, 1.54) is 6.08 Å². The molecule has 0 aliphatic heterocycles. The van der Waals surface area contributed by atoms with Gasteiger partial charge in [0.25, 0.3) is 0 Å². The fourth-order valence-electron chi connectivity index (χ4n) is 1.18. The van der Waals surface area contributed by atoms with E-state index < -0.39 is 11.9 Å². The number of hydrogen-bond donors (Lipinski definition) is 1. The van der Waals surface area contributed by atoms with Gasteiger partial charge in [-0.15, -0.1) is 11.8 Å². The molecule has 1 amide bonds. The van der Waals surface area contributed by atoms with Crippen LogP contribution in [0.2, 0.25) is 0 Å². The highest BCUT2D eigenvalue weighted by Crippen LogP contribution is 2.31. The Morgan fingerprint density at radius 3 is 2.67 bits per heavy atom. The van der Waals surface area contributed by atoms with E-state index in [9.17, 15) is 18.0 Å². The average Bonchev–Trinajstić information content (AvgIpc) is 2.27. The van der Waals surface area contributed by atoms with Gasteiger partial charge in [0.05, 0.1) is 11.4 Å². The van der Waals surface area contributed by atoms with Crippen molar-refractivity contribution in [2.75, 3.05) is 11.1 Å². The van der Waals surface area contributed by atoms with Crippen molar-refractivity contribution in [1.29, 1.82) is 0 Å². The van der Waals surface area contributed by atoms with Gasteiger partial charge in [-0.2, -0.15) is 13.2 Å². The van der Waals surface area contributed by atoms with Crippen molar-refractivity contribution in [3.05, 3.63) is 36.4 Å². The van der Waals surface area contributed by atoms with Crippen LogP contribution in [0.3, 0.4) is 0 Å². The molecule has 0 heterocycles. The number of rotatable bonds is 4. The van der Waals surface area contributed by atoms with E-state index in [-0.39, 0.29) is 5.91 Å². The molecule has 0 radical (unpaired) electrons. The van der Waals surface area contributed by atoms with Crippen LogP contribution in [0.4, 0.5) is 18.9 Å². The largest absolute Gasteiger partial charge is 0.398 e. The summed E-state index contributed by atoms with van der Waals surface area (Å²) in [7, 11) is 0. The highest BCUT2D eigenvalue weighted by molar-refractivity contribution is 7.99.